The maximum absolute atomic E-state index is 12.8. The number of carboxylic acid groups (broad SMARTS) is 1. The van der Waals surface area contributed by atoms with Crippen LogP contribution in [0, 0.1) is 6.92 Å². The van der Waals surface area contributed by atoms with Gasteiger partial charge in [-0.3, -0.25) is 14.4 Å². The minimum atomic E-state index is -0.977. The normalized spacial score (nSPS) is 16.9. The lowest BCUT2D eigenvalue weighted by Gasteiger charge is -2.32. The van der Waals surface area contributed by atoms with E-state index in [-0.39, 0.29) is 30.7 Å². The number of carbonyl (C=O) groups is 2. The van der Waals surface area contributed by atoms with Crippen molar-refractivity contribution in [1.82, 2.24) is 9.47 Å². The number of hydrogen-bond acceptors (Lipinski definition) is 4. The summed E-state index contributed by atoms with van der Waals surface area (Å²) in [5.41, 5.74) is 1.81. The van der Waals surface area contributed by atoms with Gasteiger partial charge in [0.15, 0.2) is 0 Å². The van der Waals surface area contributed by atoms with Gasteiger partial charge in [0.1, 0.15) is 5.56 Å². The molecule has 2 aromatic rings. The second-order valence-corrected chi connectivity index (χ2v) is 6.69. The molecule has 0 saturated carbocycles. The lowest BCUT2D eigenvalue weighted by molar-refractivity contribution is -0.141. The third kappa shape index (κ3) is 4.62. The molecule has 1 unspecified atom stereocenters. The first kappa shape index (κ1) is 18.8. The zero-order valence-electron chi connectivity index (χ0n) is 15.1. The fourth-order valence-corrected chi connectivity index (χ4v) is 3.22. The Hall–Kier alpha value is -2.93. The summed E-state index contributed by atoms with van der Waals surface area (Å²) in [6.45, 7) is 3.12. The first-order valence-electron chi connectivity index (χ1n) is 8.81. The maximum Gasteiger partial charge on any atom is 0.306 e. The van der Waals surface area contributed by atoms with Crippen molar-refractivity contribution in [3.05, 3.63) is 69.6 Å². The summed E-state index contributed by atoms with van der Waals surface area (Å²) < 4.78 is 6.90. The number of hydrogen-bond donors (Lipinski definition) is 1. The molecule has 1 saturated heterocycles. The molecule has 1 aromatic heterocycles. The van der Waals surface area contributed by atoms with Gasteiger partial charge in [-0.05, 0) is 24.6 Å². The van der Waals surface area contributed by atoms with Crippen molar-refractivity contribution in [2.75, 3.05) is 19.7 Å². The van der Waals surface area contributed by atoms with E-state index in [4.69, 9.17) is 9.84 Å². The molecule has 0 bridgehead atoms. The summed E-state index contributed by atoms with van der Waals surface area (Å²) in [4.78, 5) is 38.0. The first-order valence-corrected chi connectivity index (χ1v) is 8.81. The Morgan fingerprint density at radius 3 is 2.81 bits per heavy atom. The van der Waals surface area contributed by atoms with E-state index in [1.54, 1.807) is 12.3 Å². The summed E-state index contributed by atoms with van der Waals surface area (Å²) in [6, 6.07) is 11.0. The van der Waals surface area contributed by atoms with Crippen molar-refractivity contribution in [1.29, 1.82) is 0 Å². The Morgan fingerprint density at radius 1 is 1.26 bits per heavy atom. The van der Waals surface area contributed by atoms with E-state index < -0.39 is 18.0 Å². The van der Waals surface area contributed by atoms with E-state index in [0.29, 0.717) is 13.1 Å². The Balaban J connectivity index is 1.79. The highest BCUT2D eigenvalue weighted by Gasteiger charge is 2.28. The van der Waals surface area contributed by atoms with E-state index in [1.807, 2.05) is 31.2 Å². The summed E-state index contributed by atoms with van der Waals surface area (Å²) in [5.74, 6) is -1.37. The number of amides is 1. The van der Waals surface area contributed by atoms with Gasteiger partial charge in [-0.15, -0.1) is 0 Å². The molecular weight excluding hydrogens is 348 g/mol. The van der Waals surface area contributed by atoms with Crippen LogP contribution in [0.4, 0.5) is 0 Å². The number of aromatic nitrogens is 1. The Labute approximate surface area is 156 Å². The summed E-state index contributed by atoms with van der Waals surface area (Å²) in [7, 11) is 0. The first-order chi connectivity index (χ1) is 12.9. The van der Waals surface area contributed by atoms with E-state index in [9.17, 15) is 14.4 Å². The van der Waals surface area contributed by atoms with Crippen molar-refractivity contribution in [3.63, 3.8) is 0 Å². The van der Waals surface area contributed by atoms with Crippen molar-refractivity contribution in [2.24, 2.45) is 0 Å². The molecule has 3 rings (SSSR count). The Bertz CT molecular complexity index is 905. The Kier molecular flexibility index (Phi) is 5.71. The van der Waals surface area contributed by atoms with Crippen molar-refractivity contribution in [2.45, 2.75) is 26.0 Å². The second kappa shape index (κ2) is 8.18. The van der Waals surface area contributed by atoms with Crippen LogP contribution >= 0.6 is 0 Å². The number of pyridine rings is 1. The van der Waals surface area contributed by atoms with Gasteiger partial charge in [0.2, 0.25) is 0 Å². The predicted octanol–water partition coefficient (Wildman–Crippen LogP) is 1.52. The number of aliphatic carboxylic acids is 1. The number of carbonyl (C=O) groups excluding carboxylic acids is 1. The topological polar surface area (TPSA) is 88.8 Å². The maximum atomic E-state index is 12.8. The number of nitrogens with zero attached hydrogens (tertiary/aromatic N) is 2. The van der Waals surface area contributed by atoms with E-state index >= 15 is 0 Å². The Morgan fingerprint density at radius 2 is 2.07 bits per heavy atom. The highest BCUT2D eigenvalue weighted by Crippen LogP contribution is 2.12. The third-order valence-electron chi connectivity index (χ3n) is 4.51. The quantitative estimate of drug-likeness (QED) is 0.862. The lowest BCUT2D eigenvalue weighted by atomic mass is 10.1. The van der Waals surface area contributed by atoms with Gasteiger partial charge in [0.25, 0.3) is 11.5 Å². The number of carboxylic acids is 1. The smallest absolute Gasteiger partial charge is 0.306 e. The molecule has 7 nitrogen and oxygen atoms in total. The van der Waals surface area contributed by atoms with Gasteiger partial charge in [-0.25, -0.2) is 0 Å². The van der Waals surface area contributed by atoms with Crippen LogP contribution in [-0.2, 0) is 16.1 Å². The molecular formula is C20H22N2O5. The molecule has 7 heteroatoms. The molecule has 1 amide bonds. The number of morpholine rings is 1. The molecule has 27 heavy (non-hydrogen) atoms. The van der Waals surface area contributed by atoms with Crippen LogP contribution in [-0.4, -0.2) is 52.3 Å². The van der Waals surface area contributed by atoms with Crippen molar-refractivity contribution < 1.29 is 19.4 Å². The van der Waals surface area contributed by atoms with Gasteiger partial charge < -0.3 is 19.3 Å². The lowest BCUT2D eigenvalue weighted by Crippen LogP contribution is -2.47. The standard InChI is InChI=1S/C20H22N2O5/c1-14-4-2-5-15(10-14)12-21-7-3-6-17(19(21)25)20(26)22-8-9-27-16(13-22)11-18(23)24/h2-7,10,16H,8-9,11-13H2,1H3,(H,23,24). The van der Waals surface area contributed by atoms with Crippen LogP contribution in [0.5, 0.6) is 0 Å². The van der Waals surface area contributed by atoms with Crippen LogP contribution < -0.4 is 5.56 Å². The van der Waals surface area contributed by atoms with Gasteiger partial charge >= 0.3 is 5.97 Å². The van der Waals surface area contributed by atoms with Gasteiger partial charge in [-0.1, -0.05) is 29.8 Å². The third-order valence-corrected chi connectivity index (χ3v) is 4.51. The van der Waals surface area contributed by atoms with Crippen molar-refractivity contribution in [3.8, 4) is 0 Å². The van der Waals surface area contributed by atoms with E-state index in [0.717, 1.165) is 11.1 Å². The molecule has 0 aliphatic carbocycles. The molecule has 0 spiro atoms. The fraction of sp³-hybridized carbons (Fsp3) is 0.350. The molecule has 1 aromatic carbocycles. The van der Waals surface area contributed by atoms with E-state index in [2.05, 4.69) is 0 Å². The largest absolute Gasteiger partial charge is 0.481 e. The molecule has 0 radical (unpaired) electrons. The number of aryl methyl sites for hydroxylation is 1. The van der Waals surface area contributed by atoms with Crippen LogP contribution in [0.25, 0.3) is 0 Å². The van der Waals surface area contributed by atoms with Gasteiger partial charge in [-0.2, -0.15) is 0 Å². The molecule has 2 heterocycles. The molecule has 1 atom stereocenters. The molecule has 1 N–H and O–H groups in total. The van der Waals surface area contributed by atoms with Crippen LogP contribution in [0.15, 0.2) is 47.4 Å². The highest BCUT2D eigenvalue weighted by atomic mass is 16.5. The molecule has 1 fully saturated rings. The van der Waals surface area contributed by atoms with E-state index in [1.165, 1.54) is 15.5 Å². The SMILES string of the molecule is Cc1cccc(Cn2cccc(C(=O)N3CCOC(CC(=O)O)C3)c2=O)c1. The van der Waals surface area contributed by atoms with Gasteiger partial charge in [0, 0.05) is 19.3 Å². The molecule has 1 aliphatic rings. The zero-order chi connectivity index (χ0) is 19.4. The average Bonchev–Trinajstić information content (AvgIpc) is 2.63. The fourth-order valence-electron chi connectivity index (χ4n) is 3.22. The van der Waals surface area contributed by atoms with Crippen LogP contribution in [0.2, 0.25) is 0 Å². The van der Waals surface area contributed by atoms with Crippen LogP contribution in [0.3, 0.4) is 0 Å². The second-order valence-electron chi connectivity index (χ2n) is 6.69. The molecule has 142 valence electrons. The van der Waals surface area contributed by atoms with Crippen molar-refractivity contribution >= 4 is 11.9 Å². The summed E-state index contributed by atoms with van der Waals surface area (Å²) >= 11 is 0. The number of ether oxygens (including phenoxy) is 1. The van der Waals surface area contributed by atoms with Crippen LogP contribution in [0.1, 0.15) is 27.9 Å². The molecule has 1 aliphatic heterocycles. The highest BCUT2D eigenvalue weighted by molar-refractivity contribution is 5.94. The minimum absolute atomic E-state index is 0.0844. The summed E-state index contributed by atoms with van der Waals surface area (Å²) in [5, 5.41) is 8.91. The summed E-state index contributed by atoms with van der Waals surface area (Å²) in [6.07, 6.45) is 0.933. The monoisotopic (exact) mass is 370 g/mol. The predicted molar refractivity (Wildman–Crippen MR) is 98.9 cm³/mol. The van der Waals surface area contributed by atoms with Gasteiger partial charge in [0.05, 0.1) is 25.7 Å². The number of rotatable bonds is 5. The minimum Gasteiger partial charge on any atom is -0.481 e. The average molecular weight is 370 g/mol. The number of benzene rings is 1. The zero-order valence-corrected chi connectivity index (χ0v) is 15.1.